The zero-order valence-electron chi connectivity index (χ0n) is 12.1. The van der Waals surface area contributed by atoms with Crippen molar-refractivity contribution < 1.29 is 4.79 Å². The predicted octanol–water partition coefficient (Wildman–Crippen LogP) is 3.11. The van der Waals surface area contributed by atoms with Crippen LogP contribution in [0, 0.1) is 0 Å². The van der Waals surface area contributed by atoms with Gasteiger partial charge in [0.15, 0.2) is 0 Å². The van der Waals surface area contributed by atoms with Crippen LogP contribution < -0.4 is 10.2 Å². The van der Waals surface area contributed by atoms with Gasteiger partial charge in [-0.1, -0.05) is 11.6 Å². The molecule has 1 N–H and O–H groups in total. The minimum absolute atomic E-state index is 0.149. The largest absolute Gasteiger partial charge is 0.357 e. The lowest BCUT2D eigenvalue weighted by Gasteiger charge is -2.27. The number of carbonyl (C=O) groups is 1. The molecule has 2 aromatic rings. The molecule has 1 saturated heterocycles. The van der Waals surface area contributed by atoms with E-state index in [0.29, 0.717) is 21.6 Å². The summed E-state index contributed by atoms with van der Waals surface area (Å²) in [7, 11) is 0. The maximum absolute atomic E-state index is 12.0. The van der Waals surface area contributed by atoms with Gasteiger partial charge in [0.1, 0.15) is 11.6 Å². The van der Waals surface area contributed by atoms with Gasteiger partial charge < -0.3 is 10.2 Å². The maximum atomic E-state index is 12.0. The van der Waals surface area contributed by atoms with Crippen molar-refractivity contribution in [1.82, 2.24) is 15.3 Å². The number of hydrogen-bond donors (Lipinski definition) is 1. The predicted molar refractivity (Wildman–Crippen MR) is 88.6 cm³/mol. The van der Waals surface area contributed by atoms with Gasteiger partial charge in [-0.3, -0.25) is 4.79 Å². The molecule has 3 heterocycles. The van der Waals surface area contributed by atoms with Crippen molar-refractivity contribution in [1.29, 1.82) is 0 Å². The summed E-state index contributed by atoms with van der Waals surface area (Å²) in [4.78, 5) is 23.6. The van der Waals surface area contributed by atoms with Gasteiger partial charge in [-0.15, -0.1) is 11.3 Å². The Hall–Kier alpha value is -1.66. The number of nitrogens with one attached hydrogen (secondary N) is 1. The Bertz CT molecular complexity index is 654. The van der Waals surface area contributed by atoms with E-state index in [1.54, 1.807) is 18.3 Å². The number of piperidine rings is 1. The molecule has 0 bridgehead atoms. The molecule has 3 rings (SSSR count). The Labute approximate surface area is 138 Å². The quantitative estimate of drug-likeness (QED) is 0.932. The average Bonchev–Trinajstić information content (AvgIpc) is 3.00. The third kappa shape index (κ3) is 3.75. The van der Waals surface area contributed by atoms with Gasteiger partial charge in [0.05, 0.1) is 15.8 Å². The molecule has 0 aromatic carbocycles. The molecule has 5 nitrogen and oxygen atoms in total. The average molecular weight is 337 g/mol. The number of hydrogen-bond acceptors (Lipinski definition) is 5. The topological polar surface area (TPSA) is 58.1 Å². The van der Waals surface area contributed by atoms with Crippen LogP contribution in [-0.2, 0) is 6.54 Å². The molecule has 7 heteroatoms. The highest BCUT2D eigenvalue weighted by atomic mass is 35.5. The normalized spacial score (nSPS) is 14.9. The van der Waals surface area contributed by atoms with Crippen molar-refractivity contribution in [3.05, 3.63) is 39.4 Å². The fourth-order valence-corrected chi connectivity index (χ4v) is 3.41. The summed E-state index contributed by atoms with van der Waals surface area (Å²) >= 11 is 7.10. The second-order valence-corrected chi connectivity index (χ2v) is 6.88. The van der Waals surface area contributed by atoms with Crippen molar-refractivity contribution in [2.75, 3.05) is 18.0 Å². The molecular formula is C15H17ClN4OS. The number of aromatic nitrogens is 2. The summed E-state index contributed by atoms with van der Waals surface area (Å²) in [6.45, 7) is 2.39. The molecule has 1 fully saturated rings. The van der Waals surface area contributed by atoms with E-state index in [0.717, 1.165) is 18.9 Å². The van der Waals surface area contributed by atoms with Crippen molar-refractivity contribution in [2.45, 2.75) is 25.8 Å². The van der Waals surface area contributed by atoms with Crippen LogP contribution >= 0.6 is 22.9 Å². The molecule has 1 aliphatic rings. The van der Waals surface area contributed by atoms with Crippen LogP contribution in [0.2, 0.25) is 4.34 Å². The maximum Gasteiger partial charge on any atom is 0.261 e. The minimum Gasteiger partial charge on any atom is -0.357 e. The number of halogens is 1. The second-order valence-electron chi connectivity index (χ2n) is 5.17. The Morgan fingerprint density at radius 3 is 2.82 bits per heavy atom. The number of carbonyl (C=O) groups excluding carboxylic acids is 1. The molecule has 0 spiro atoms. The summed E-state index contributed by atoms with van der Waals surface area (Å²) in [5.41, 5.74) is 0. The van der Waals surface area contributed by atoms with E-state index in [1.165, 1.54) is 30.6 Å². The third-order valence-electron chi connectivity index (χ3n) is 3.57. The van der Waals surface area contributed by atoms with Crippen LogP contribution in [-0.4, -0.2) is 29.0 Å². The van der Waals surface area contributed by atoms with Crippen LogP contribution in [0.1, 0.15) is 34.8 Å². The monoisotopic (exact) mass is 336 g/mol. The highest BCUT2D eigenvalue weighted by Crippen LogP contribution is 2.21. The van der Waals surface area contributed by atoms with E-state index >= 15 is 0 Å². The molecule has 116 valence electrons. The molecule has 0 radical (unpaired) electrons. The standard InChI is InChI=1S/C15H17ClN4OS/c16-12-5-4-11(22-12)15(21)18-10-13-17-7-6-14(19-13)20-8-2-1-3-9-20/h4-7H,1-3,8-10H2,(H,18,21). The van der Waals surface area contributed by atoms with Crippen molar-refractivity contribution >= 4 is 34.7 Å². The lowest BCUT2D eigenvalue weighted by atomic mass is 10.1. The summed E-state index contributed by atoms with van der Waals surface area (Å²) in [6, 6.07) is 5.36. The SMILES string of the molecule is O=C(NCc1nccc(N2CCCCC2)n1)c1ccc(Cl)s1. The number of anilines is 1. The van der Waals surface area contributed by atoms with Crippen molar-refractivity contribution in [2.24, 2.45) is 0 Å². The molecule has 1 amide bonds. The molecule has 0 saturated carbocycles. The van der Waals surface area contributed by atoms with Crippen molar-refractivity contribution in [3.8, 4) is 0 Å². The zero-order valence-corrected chi connectivity index (χ0v) is 13.7. The molecule has 0 aliphatic carbocycles. The number of rotatable bonds is 4. The van der Waals surface area contributed by atoms with Gasteiger partial charge in [0.25, 0.3) is 5.91 Å². The van der Waals surface area contributed by atoms with E-state index in [4.69, 9.17) is 11.6 Å². The number of thiophene rings is 1. The lowest BCUT2D eigenvalue weighted by molar-refractivity contribution is 0.0954. The van der Waals surface area contributed by atoms with Crippen LogP contribution in [0.25, 0.3) is 0 Å². The van der Waals surface area contributed by atoms with Gasteiger partial charge >= 0.3 is 0 Å². The van der Waals surface area contributed by atoms with Gasteiger partial charge in [-0.25, -0.2) is 9.97 Å². The Balaban J connectivity index is 1.61. The second kappa shape index (κ2) is 7.07. The first-order valence-electron chi connectivity index (χ1n) is 7.33. The fourth-order valence-electron chi connectivity index (χ4n) is 2.46. The van der Waals surface area contributed by atoms with Crippen LogP contribution in [0.15, 0.2) is 24.4 Å². The summed E-state index contributed by atoms with van der Waals surface area (Å²) in [6.07, 6.45) is 5.44. The lowest BCUT2D eigenvalue weighted by Crippen LogP contribution is -2.31. The van der Waals surface area contributed by atoms with E-state index in [2.05, 4.69) is 20.2 Å². The van der Waals surface area contributed by atoms with E-state index in [9.17, 15) is 4.79 Å². The molecule has 0 atom stereocenters. The summed E-state index contributed by atoms with van der Waals surface area (Å²) < 4.78 is 0.605. The summed E-state index contributed by atoms with van der Waals surface area (Å²) in [5.74, 6) is 1.42. The first-order valence-corrected chi connectivity index (χ1v) is 8.52. The molecule has 2 aromatic heterocycles. The third-order valence-corrected chi connectivity index (χ3v) is 4.80. The Morgan fingerprint density at radius 1 is 1.27 bits per heavy atom. The van der Waals surface area contributed by atoms with E-state index in [1.807, 2.05) is 6.07 Å². The van der Waals surface area contributed by atoms with Crippen LogP contribution in [0.3, 0.4) is 0 Å². The zero-order chi connectivity index (χ0) is 15.4. The van der Waals surface area contributed by atoms with Crippen molar-refractivity contribution in [3.63, 3.8) is 0 Å². The van der Waals surface area contributed by atoms with Gasteiger partial charge in [-0.05, 0) is 37.5 Å². The molecule has 22 heavy (non-hydrogen) atoms. The Morgan fingerprint density at radius 2 is 2.09 bits per heavy atom. The minimum atomic E-state index is -0.149. The van der Waals surface area contributed by atoms with E-state index in [-0.39, 0.29) is 5.91 Å². The number of nitrogens with zero attached hydrogens (tertiary/aromatic N) is 3. The smallest absolute Gasteiger partial charge is 0.261 e. The van der Waals surface area contributed by atoms with Gasteiger partial charge in [0, 0.05) is 19.3 Å². The molecular weight excluding hydrogens is 320 g/mol. The molecule has 1 aliphatic heterocycles. The van der Waals surface area contributed by atoms with Crippen LogP contribution in [0.5, 0.6) is 0 Å². The van der Waals surface area contributed by atoms with Crippen LogP contribution in [0.4, 0.5) is 5.82 Å². The van der Waals surface area contributed by atoms with E-state index < -0.39 is 0 Å². The van der Waals surface area contributed by atoms with Gasteiger partial charge in [0.2, 0.25) is 0 Å². The first-order chi connectivity index (χ1) is 10.7. The highest BCUT2D eigenvalue weighted by molar-refractivity contribution is 7.17. The fraction of sp³-hybridized carbons (Fsp3) is 0.400. The first kappa shape index (κ1) is 15.2. The van der Waals surface area contributed by atoms with Gasteiger partial charge in [-0.2, -0.15) is 0 Å². The summed E-state index contributed by atoms with van der Waals surface area (Å²) in [5, 5.41) is 2.83. The number of amides is 1. The molecule has 0 unspecified atom stereocenters. The highest BCUT2D eigenvalue weighted by Gasteiger charge is 2.13. The Kier molecular flexibility index (Phi) is 4.90.